The highest BCUT2D eigenvalue weighted by Crippen LogP contribution is 2.04. The number of benzene rings is 3. The van der Waals surface area contributed by atoms with Crippen LogP contribution in [0.4, 0.5) is 0 Å². The van der Waals surface area contributed by atoms with Gasteiger partial charge in [0.05, 0.1) is 0 Å². The van der Waals surface area contributed by atoms with E-state index in [1.54, 1.807) is 12.1 Å². The Kier molecular flexibility index (Phi) is 7.31. The highest BCUT2D eigenvalue weighted by atomic mass is 16.5. The molecular formula is C25H26NO3+. The molecule has 0 radical (unpaired) electrons. The van der Waals surface area contributed by atoms with Gasteiger partial charge in [0.2, 0.25) is 0 Å². The lowest BCUT2D eigenvalue weighted by molar-refractivity contribution is -0.920. The summed E-state index contributed by atoms with van der Waals surface area (Å²) in [5.41, 5.74) is 3.95. The Bertz CT molecular complexity index is 880. The molecule has 0 unspecified atom stereocenters. The summed E-state index contributed by atoms with van der Waals surface area (Å²) in [6, 6.07) is 27.4. The third-order valence-corrected chi connectivity index (χ3v) is 4.73. The van der Waals surface area contributed by atoms with Gasteiger partial charge in [-0.05, 0) is 6.92 Å². The lowest BCUT2D eigenvalue weighted by Gasteiger charge is -2.19. The number of ether oxygens (including phenoxy) is 1. The molecule has 0 amide bonds. The van der Waals surface area contributed by atoms with Gasteiger partial charge in [-0.15, -0.1) is 0 Å². The average Bonchev–Trinajstić information content (AvgIpc) is 2.74. The van der Waals surface area contributed by atoms with Gasteiger partial charge in [0.15, 0.2) is 18.9 Å². The van der Waals surface area contributed by atoms with Gasteiger partial charge in [0.25, 0.3) is 0 Å². The lowest BCUT2D eigenvalue weighted by atomic mass is 10.1. The molecule has 0 spiro atoms. The molecule has 0 aliphatic carbocycles. The van der Waals surface area contributed by atoms with Gasteiger partial charge in [-0.25, -0.2) is 4.79 Å². The van der Waals surface area contributed by atoms with Crippen LogP contribution in [0, 0.1) is 6.92 Å². The zero-order valence-corrected chi connectivity index (χ0v) is 16.6. The maximum Gasteiger partial charge on any atom is 0.362 e. The largest absolute Gasteiger partial charge is 0.453 e. The highest BCUT2D eigenvalue weighted by molar-refractivity contribution is 5.97. The van der Waals surface area contributed by atoms with Gasteiger partial charge in [0, 0.05) is 16.7 Å². The molecule has 0 aliphatic rings. The second-order valence-electron chi connectivity index (χ2n) is 7.20. The van der Waals surface area contributed by atoms with Gasteiger partial charge >= 0.3 is 5.97 Å². The van der Waals surface area contributed by atoms with Crippen molar-refractivity contribution in [3.05, 3.63) is 107 Å². The second kappa shape index (κ2) is 10.3. The standard InChI is InChI=1S/C25H25NO3/c1-20-12-14-23(15-13-20)24(27)19-29-25(28)18-26(16-21-8-4-2-5-9-21)17-22-10-6-3-7-11-22/h2-15H,16-19H2,1H3/p+1. The van der Waals surface area contributed by atoms with Crippen LogP contribution in [0.5, 0.6) is 0 Å². The monoisotopic (exact) mass is 388 g/mol. The molecule has 0 heterocycles. The van der Waals surface area contributed by atoms with E-state index in [4.69, 9.17) is 4.74 Å². The van der Waals surface area contributed by atoms with Crippen LogP contribution in [-0.2, 0) is 22.6 Å². The number of rotatable bonds is 9. The maximum atomic E-state index is 12.4. The number of carbonyl (C=O) groups is 2. The van der Waals surface area contributed by atoms with Gasteiger partial charge in [-0.3, -0.25) is 4.79 Å². The first-order valence-corrected chi connectivity index (χ1v) is 9.77. The van der Waals surface area contributed by atoms with Crippen molar-refractivity contribution in [3.8, 4) is 0 Å². The predicted molar refractivity (Wildman–Crippen MR) is 113 cm³/mol. The molecule has 0 bridgehead atoms. The summed E-state index contributed by atoms with van der Waals surface area (Å²) < 4.78 is 5.29. The first kappa shape index (κ1) is 20.5. The minimum atomic E-state index is -0.368. The van der Waals surface area contributed by atoms with Crippen LogP contribution in [0.3, 0.4) is 0 Å². The Labute approximate surface area is 171 Å². The first-order valence-electron chi connectivity index (χ1n) is 9.77. The third kappa shape index (κ3) is 6.70. The molecular weight excluding hydrogens is 362 g/mol. The van der Waals surface area contributed by atoms with Crippen molar-refractivity contribution >= 4 is 11.8 Å². The van der Waals surface area contributed by atoms with E-state index in [0.717, 1.165) is 21.6 Å². The average molecular weight is 388 g/mol. The molecule has 3 aromatic carbocycles. The van der Waals surface area contributed by atoms with Crippen molar-refractivity contribution in [2.45, 2.75) is 20.0 Å². The number of aryl methyl sites for hydroxylation is 1. The molecule has 0 aliphatic heterocycles. The summed E-state index contributed by atoms with van der Waals surface area (Å²) in [7, 11) is 0. The fourth-order valence-electron chi connectivity index (χ4n) is 3.18. The summed E-state index contributed by atoms with van der Waals surface area (Å²) >= 11 is 0. The molecule has 0 saturated carbocycles. The van der Waals surface area contributed by atoms with E-state index >= 15 is 0 Å². The van der Waals surface area contributed by atoms with Crippen LogP contribution >= 0.6 is 0 Å². The molecule has 4 heteroatoms. The summed E-state index contributed by atoms with van der Waals surface area (Å²) in [6.07, 6.45) is 0. The van der Waals surface area contributed by atoms with Crippen LogP contribution in [0.2, 0.25) is 0 Å². The van der Waals surface area contributed by atoms with E-state index in [1.165, 1.54) is 0 Å². The van der Waals surface area contributed by atoms with E-state index < -0.39 is 0 Å². The minimum absolute atomic E-state index is 0.189. The first-order chi connectivity index (χ1) is 14.1. The molecule has 1 N–H and O–H groups in total. The quantitative estimate of drug-likeness (QED) is 0.453. The smallest absolute Gasteiger partial charge is 0.362 e. The predicted octanol–water partition coefficient (Wildman–Crippen LogP) is 3.01. The number of ketones is 1. The zero-order valence-electron chi connectivity index (χ0n) is 16.6. The number of hydrogen-bond acceptors (Lipinski definition) is 3. The Balaban J connectivity index is 1.59. The van der Waals surface area contributed by atoms with Crippen LogP contribution in [0.1, 0.15) is 27.0 Å². The zero-order chi connectivity index (χ0) is 20.5. The van der Waals surface area contributed by atoms with E-state index in [2.05, 4.69) is 24.3 Å². The normalized spacial score (nSPS) is 10.7. The van der Waals surface area contributed by atoms with Gasteiger partial charge in [-0.2, -0.15) is 0 Å². The van der Waals surface area contributed by atoms with Gasteiger partial charge < -0.3 is 9.64 Å². The third-order valence-electron chi connectivity index (χ3n) is 4.73. The molecule has 3 aromatic rings. The van der Waals surface area contributed by atoms with Crippen LogP contribution in [-0.4, -0.2) is 24.9 Å². The Morgan fingerprint density at radius 1 is 0.759 bits per heavy atom. The summed E-state index contributed by atoms with van der Waals surface area (Å²) in [4.78, 5) is 25.7. The summed E-state index contributed by atoms with van der Waals surface area (Å²) in [5.74, 6) is -0.557. The van der Waals surface area contributed by atoms with Gasteiger partial charge in [0.1, 0.15) is 13.1 Å². The van der Waals surface area contributed by atoms with Crippen LogP contribution in [0.25, 0.3) is 0 Å². The number of hydrogen-bond donors (Lipinski definition) is 1. The van der Waals surface area contributed by atoms with Crippen molar-refractivity contribution in [1.29, 1.82) is 0 Å². The van der Waals surface area contributed by atoms with E-state index in [0.29, 0.717) is 18.7 Å². The Morgan fingerprint density at radius 3 is 1.79 bits per heavy atom. The summed E-state index contributed by atoms with van der Waals surface area (Å²) in [5, 5.41) is 0. The van der Waals surface area contributed by atoms with E-state index in [1.807, 2.05) is 55.5 Å². The van der Waals surface area contributed by atoms with Crippen molar-refractivity contribution in [3.63, 3.8) is 0 Å². The maximum absolute atomic E-state index is 12.4. The number of Topliss-reactive ketones (excluding diaryl/α,β-unsaturated/α-hetero) is 1. The molecule has 0 saturated heterocycles. The SMILES string of the molecule is Cc1ccc(C(=O)COC(=O)C[NH+](Cc2ccccc2)Cc2ccccc2)cc1. The molecule has 148 valence electrons. The Morgan fingerprint density at radius 2 is 1.28 bits per heavy atom. The summed E-state index contributed by atoms with van der Waals surface area (Å²) in [6.45, 7) is 3.34. The fourth-order valence-corrected chi connectivity index (χ4v) is 3.18. The van der Waals surface area contributed by atoms with E-state index in [9.17, 15) is 9.59 Å². The van der Waals surface area contributed by atoms with Crippen molar-refractivity contribution in [2.75, 3.05) is 13.2 Å². The van der Waals surface area contributed by atoms with Crippen molar-refractivity contribution in [2.24, 2.45) is 0 Å². The number of nitrogens with one attached hydrogen (secondary N) is 1. The number of carbonyl (C=O) groups excluding carboxylic acids is 2. The molecule has 3 rings (SSSR count). The number of quaternary nitrogens is 1. The molecule has 0 aromatic heterocycles. The van der Waals surface area contributed by atoms with E-state index in [-0.39, 0.29) is 24.9 Å². The number of esters is 1. The highest BCUT2D eigenvalue weighted by Gasteiger charge is 2.18. The topological polar surface area (TPSA) is 47.8 Å². The minimum Gasteiger partial charge on any atom is -0.453 e. The fraction of sp³-hybridized carbons (Fsp3) is 0.200. The van der Waals surface area contributed by atoms with Gasteiger partial charge in [-0.1, -0.05) is 90.5 Å². The second-order valence-corrected chi connectivity index (χ2v) is 7.20. The molecule has 29 heavy (non-hydrogen) atoms. The lowest BCUT2D eigenvalue weighted by Crippen LogP contribution is -3.10. The molecule has 4 nitrogen and oxygen atoms in total. The molecule has 0 fully saturated rings. The van der Waals surface area contributed by atoms with Crippen molar-refractivity contribution < 1.29 is 19.2 Å². The van der Waals surface area contributed by atoms with Crippen molar-refractivity contribution in [1.82, 2.24) is 0 Å². The Hall–Kier alpha value is -3.24. The van der Waals surface area contributed by atoms with Crippen LogP contribution < -0.4 is 4.90 Å². The molecule has 0 atom stereocenters. The van der Waals surface area contributed by atoms with Crippen LogP contribution in [0.15, 0.2) is 84.9 Å².